The van der Waals surface area contributed by atoms with E-state index in [1.54, 1.807) is 6.07 Å². The predicted molar refractivity (Wildman–Crippen MR) is 98.9 cm³/mol. The average molecular weight is 443 g/mol. The molecule has 134 valence electrons. The molecule has 0 amide bonds. The lowest BCUT2D eigenvalue weighted by Crippen LogP contribution is -2.05. The molecular formula is C18H12BrClF3N3. The molecule has 0 saturated heterocycles. The van der Waals surface area contributed by atoms with Gasteiger partial charge in [-0.05, 0) is 23.8 Å². The largest absolute Gasteiger partial charge is 0.416 e. The highest BCUT2D eigenvalue weighted by Gasteiger charge is 2.30. The van der Waals surface area contributed by atoms with E-state index in [9.17, 15) is 13.2 Å². The number of halogens is 5. The number of alkyl halides is 3. The van der Waals surface area contributed by atoms with E-state index in [0.29, 0.717) is 17.9 Å². The van der Waals surface area contributed by atoms with Crippen molar-refractivity contribution in [3.63, 3.8) is 0 Å². The third-order valence-electron chi connectivity index (χ3n) is 3.58. The van der Waals surface area contributed by atoms with Crippen LogP contribution in [-0.2, 0) is 12.7 Å². The van der Waals surface area contributed by atoms with Gasteiger partial charge in [0.1, 0.15) is 11.0 Å². The van der Waals surface area contributed by atoms with Crippen LogP contribution in [0.4, 0.5) is 19.0 Å². The molecule has 0 aliphatic heterocycles. The Kier molecular flexibility index (Phi) is 5.48. The van der Waals surface area contributed by atoms with Crippen molar-refractivity contribution in [2.24, 2.45) is 0 Å². The lowest BCUT2D eigenvalue weighted by atomic mass is 10.1. The number of nitrogens with one attached hydrogen (secondary N) is 1. The maximum atomic E-state index is 12.7. The van der Waals surface area contributed by atoms with Crippen LogP contribution in [-0.4, -0.2) is 9.97 Å². The number of hydrogen-bond acceptors (Lipinski definition) is 3. The topological polar surface area (TPSA) is 37.8 Å². The quantitative estimate of drug-likeness (QED) is 0.490. The average Bonchev–Trinajstić information content (AvgIpc) is 2.60. The van der Waals surface area contributed by atoms with E-state index in [4.69, 9.17) is 11.6 Å². The van der Waals surface area contributed by atoms with Gasteiger partial charge in [-0.25, -0.2) is 9.97 Å². The molecule has 0 aliphatic carbocycles. The van der Waals surface area contributed by atoms with Gasteiger partial charge < -0.3 is 5.32 Å². The van der Waals surface area contributed by atoms with E-state index in [2.05, 4.69) is 31.2 Å². The van der Waals surface area contributed by atoms with Crippen LogP contribution in [0.3, 0.4) is 0 Å². The molecule has 2 aromatic carbocycles. The summed E-state index contributed by atoms with van der Waals surface area (Å²) in [6, 6.07) is 13.9. The van der Waals surface area contributed by atoms with E-state index in [0.717, 1.165) is 22.2 Å². The van der Waals surface area contributed by atoms with Crippen LogP contribution in [0.5, 0.6) is 0 Å². The fourth-order valence-corrected chi connectivity index (χ4v) is 2.88. The number of anilines is 1. The van der Waals surface area contributed by atoms with Crippen molar-refractivity contribution in [1.82, 2.24) is 9.97 Å². The van der Waals surface area contributed by atoms with Crippen LogP contribution >= 0.6 is 27.5 Å². The van der Waals surface area contributed by atoms with Crippen molar-refractivity contribution in [2.75, 3.05) is 5.32 Å². The maximum absolute atomic E-state index is 12.7. The minimum Gasteiger partial charge on any atom is -0.366 e. The Morgan fingerprint density at radius 3 is 2.35 bits per heavy atom. The second-order valence-corrected chi connectivity index (χ2v) is 6.66. The first kappa shape index (κ1) is 18.7. The van der Waals surface area contributed by atoms with Gasteiger partial charge in [0.15, 0.2) is 5.82 Å². The van der Waals surface area contributed by atoms with Gasteiger partial charge in [0.25, 0.3) is 0 Å². The zero-order valence-electron chi connectivity index (χ0n) is 13.2. The molecule has 0 fully saturated rings. The Balaban J connectivity index is 1.82. The second-order valence-electron chi connectivity index (χ2n) is 5.42. The molecule has 0 saturated carbocycles. The molecule has 0 radical (unpaired) electrons. The summed E-state index contributed by atoms with van der Waals surface area (Å²) in [6.45, 7) is 0.501. The summed E-state index contributed by atoms with van der Waals surface area (Å²) in [7, 11) is 0. The van der Waals surface area contributed by atoms with E-state index in [-0.39, 0.29) is 11.0 Å². The fourth-order valence-electron chi connectivity index (χ4n) is 2.27. The first-order chi connectivity index (χ1) is 12.3. The van der Waals surface area contributed by atoms with Gasteiger partial charge in [-0.15, -0.1) is 0 Å². The molecule has 0 spiro atoms. The zero-order chi connectivity index (χ0) is 18.7. The van der Waals surface area contributed by atoms with Crippen molar-refractivity contribution < 1.29 is 13.2 Å². The molecule has 1 heterocycles. The molecule has 3 aromatic rings. The molecule has 1 aromatic heterocycles. The van der Waals surface area contributed by atoms with Crippen molar-refractivity contribution in [3.8, 4) is 11.4 Å². The lowest BCUT2D eigenvalue weighted by molar-refractivity contribution is -0.137. The van der Waals surface area contributed by atoms with Crippen LogP contribution in [0.25, 0.3) is 11.4 Å². The molecule has 1 N–H and O–H groups in total. The highest BCUT2D eigenvalue weighted by molar-refractivity contribution is 9.10. The van der Waals surface area contributed by atoms with Gasteiger partial charge in [-0.2, -0.15) is 13.2 Å². The smallest absolute Gasteiger partial charge is 0.366 e. The summed E-state index contributed by atoms with van der Waals surface area (Å²) >= 11 is 9.50. The SMILES string of the molecule is FC(F)(F)c1ccc(-c2nc(Cl)cc(NCc3ccccc3Br)n2)cc1. The number of aromatic nitrogens is 2. The zero-order valence-corrected chi connectivity index (χ0v) is 15.5. The molecule has 3 nitrogen and oxygen atoms in total. The molecule has 0 unspecified atom stereocenters. The summed E-state index contributed by atoms with van der Waals surface area (Å²) < 4.78 is 39.0. The fraction of sp³-hybridized carbons (Fsp3) is 0.111. The third kappa shape index (κ3) is 4.53. The number of nitrogens with zero attached hydrogens (tertiary/aromatic N) is 2. The summed E-state index contributed by atoms with van der Waals surface area (Å²) in [4.78, 5) is 8.43. The minimum absolute atomic E-state index is 0.199. The van der Waals surface area contributed by atoms with Crippen molar-refractivity contribution in [3.05, 3.63) is 75.4 Å². The minimum atomic E-state index is -4.39. The molecule has 0 bridgehead atoms. The standard InChI is InChI=1S/C18H12BrClF3N3/c19-14-4-2-1-3-12(14)10-24-16-9-15(20)25-17(26-16)11-5-7-13(8-6-11)18(21,22)23/h1-9H,10H2,(H,24,25,26). The van der Waals surface area contributed by atoms with Gasteiger partial charge in [-0.3, -0.25) is 0 Å². The summed E-state index contributed by atoms with van der Waals surface area (Å²) in [5.74, 6) is 0.733. The van der Waals surface area contributed by atoms with Gasteiger partial charge in [-0.1, -0.05) is 57.9 Å². The van der Waals surface area contributed by atoms with Crippen molar-refractivity contribution in [1.29, 1.82) is 0 Å². The second kappa shape index (κ2) is 7.63. The highest BCUT2D eigenvalue weighted by Crippen LogP contribution is 2.31. The Morgan fingerprint density at radius 2 is 1.69 bits per heavy atom. The van der Waals surface area contributed by atoms with Crippen LogP contribution < -0.4 is 5.32 Å². The first-order valence-corrected chi connectivity index (χ1v) is 8.69. The Morgan fingerprint density at radius 1 is 1.00 bits per heavy atom. The van der Waals surface area contributed by atoms with Crippen LogP contribution in [0, 0.1) is 0 Å². The molecule has 0 atom stereocenters. The summed E-state index contributed by atoms with van der Waals surface area (Å²) in [6.07, 6.45) is -4.39. The highest BCUT2D eigenvalue weighted by atomic mass is 79.9. The van der Waals surface area contributed by atoms with Gasteiger partial charge in [0, 0.05) is 22.6 Å². The third-order valence-corrected chi connectivity index (χ3v) is 4.55. The summed E-state index contributed by atoms with van der Waals surface area (Å²) in [5.41, 5.74) is 0.748. The lowest BCUT2D eigenvalue weighted by Gasteiger charge is -2.10. The molecular weight excluding hydrogens is 431 g/mol. The van der Waals surface area contributed by atoms with Gasteiger partial charge in [0.05, 0.1) is 5.56 Å². The Labute approximate surface area is 161 Å². The number of hydrogen-bond donors (Lipinski definition) is 1. The van der Waals surface area contributed by atoms with Gasteiger partial charge in [0.2, 0.25) is 0 Å². The van der Waals surface area contributed by atoms with Gasteiger partial charge >= 0.3 is 6.18 Å². The maximum Gasteiger partial charge on any atom is 0.416 e. The molecule has 8 heteroatoms. The summed E-state index contributed by atoms with van der Waals surface area (Å²) in [5, 5.41) is 3.34. The predicted octanol–water partition coefficient (Wildman–Crippen LogP) is 6.19. The molecule has 3 rings (SSSR count). The number of benzene rings is 2. The number of rotatable bonds is 4. The van der Waals surface area contributed by atoms with Crippen LogP contribution in [0.2, 0.25) is 5.15 Å². The first-order valence-electron chi connectivity index (χ1n) is 7.52. The van der Waals surface area contributed by atoms with Crippen LogP contribution in [0.1, 0.15) is 11.1 Å². The van der Waals surface area contributed by atoms with Crippen molar-refractivity contribution >= 4 is 33.3 Å². The van der Waals surface area contributed by atoms with E-state index in [1.807, 2.05) is 24.3 Å². The van der Waals surface area contributed by atoms with Crippen LogP contribution in [0.15, 0.2) is 59.1 Å². The normalized spacial score (nSPS) is 11.4. The molecule has 26 heavy (non-hydrogen) atoms. The monoisotopic (exact) mass is 441 g/mol. The van der Waals surface area contributed by atoms with Crippen molar-refractivity contribution in [2.45, 2.75) is 12.7 Å². The van der Waals surface area contributed by atoms with E-state index >= 15 is 0 Å². The molecule has 0 aliphatic rings. The van der Waals surface area contributed by atoms with E-state index in [1.165, 1.54) is 12.1 Å². The Hall–Kier alpha value is -2.12. The Bertz CT molecular complexity index is 914. The van der Waals surface area contributed by atoms with E-state index < -0.39 is 11.7 Å².